The number of aliphatic hydroxyl groups is 1. The van der Waals surface area contributed by atoms with E-state index in [0.29, 0.717) is 5.82 Å². The molecule has 0 radical (unpaired) electrons. The van der Waals surface area contributed by atoms with Gasteiger partial charge in [-0.3, -0.25) is 4.98 Å². The summed E-state index contributed by atoms with van der Waals surface area (Å²) in [4.78, 5) is 9.19. The van der Waals surface area contributed by atoms with Crippen LogP contribution in [0.3, 0.4) is 0 Å². The molecule has 33 heavy (non-hydrogen) atoms. The van der Waals surface area contributed by atoms with E-state index in [2.05, 4.69) is 77.7 Å². The number of anilines is 1. The Labute approximate surface area is 195 Å². The lowest BCUT2D eigenvalue weighted by Gasteiger charge is -2.34. The van der Waals surface area contributed by atoms with Gasteiger partial charge in [-0.25, -0.2) is 4.98 Å². The van der Waals surface area contributed by atoms with Crippen molar-refractivity contribution in [2.45, 2.75) is 51.0 Å². The lowest BCUT2D eigenvalue weighted by molar-refractivity contribution is 0.156. The molecule has 1 unspecified atom stereocenters. The number of rotatable bonds is 6. The van der Waals surface area contributed by atoms with Crippen molar-refractivity contribution in [2.24, 2.45) is 0 Å². The van der Waals surface area contributed by atoms with Gasteiger partial charge in [0.15, 0.2) is 5.82 Å². The number of aromatic nitrogens is 2. The van der Waals surface area contributed by atoms with E-state index < -0.39 is 0 Å². The molecule has 2 aromatic heterocycles. The summed E-state index contributed by atoms with van der Waals surface area (Å²) in [6.07, 6.45) is 5.93. The first-order valence-corrected chi connectivity index (χ1v) is 11.9. The molecule has 3 heterocycles. The van der Waals surface area contributed by atoms with Crippen molar-refractivity contribution in [3.05, 3.63) is 77.0 Å². The molecular formula is C28H32N4O. The van der Waals surface area contributed by atoms with Crippen LogP contribution in [0.5, 0.6) is 0 Å². The van der Waals surface area contributed by atoms with Crippen LogP contribution in [0.2, 0.25) is 0 Å². The summed E-state index contributed by atoms with van der Waals surface area (Å²) in [6.45, 7) is 5.45. The second-order valence-electron chi connectivity index (χ2n) is 9.57. The van der Waals surface area contributed by atoms with Crippen LogP contribution >= 0.6 is 0 Å². The van der Waals surface area contributed by atoms with Crippen molar-refractivity contribution in [3.63, 3.8) is 0 Å². The molecule has 5 heteroatoms. The molecule has 4 aromatic rings. The number of hydrogen-bond acceptors (Lipinski definition) is 5. The normalized spacial score (nSPS) is 19.4. The van der Waals surface area contributed by atoms with Crippen LogP contribution in [0.1, 0.15) is 47.9 Å². The SMILES string of the molecule is Cc1ccc2c(c1)nc(N)c1ncc(CCc3ccc(C(C)[C@]4(CO)CCCN4)cc3)cc12. The first kappa shape index (κ1) is 21.8. The fourth-order valence-corrected chi connectivity index (χ4v) is 5.25. The number of nitrogens with zero attached hydrogens (tertiary/aromatic N) is 2. The molecule has 4 N–H and O–H groups in total. The molecule has 0 bridgehead atoms. The van der Waals surface area contributed by atoms with E-state index >= 15 is 0 Å². The quantitative estimate of drug-likeness (QED) is 0.379. The Bertz CT molecular complexity index is 1290. The average Bonchev–Trinajstić information content (AvgIpc) is 3.33. The van der Waals surface area contributed by atoms with Crippen molar-refractivity contribution in [1.29, 1.82) is 0 Å². The Morgan fingerprint density at radius 3 is 2.58 bits per heavy atom. The van der Waals surface area contributed by atoms with Gasteiger partial charge in [-0.15, -0.1) is 0 Å². The summed E-state index contributed by atoms with van der Waals surface area (Å²) in [5.74, 6) is 0.761. The van der Waals surface area contributed by atoms with E-state index in [1.807, 2.05) is 6.20 Å². The molecule has 2 atom stereocenters. The summed E-state index contributed by atoms with van der Waals surface area (Å²) in [6, 6.07) is 17.4. The zero-order chi connectivity index (χ0) is 23.0. The molecule has 0 saturated carbocycles. The molecule has 0 spiro atoms. The summed E-state index contributed by atoms with van der Waals surface area (Å²) < 4.78 is 0. The topological polar surface area (TPSA) is 84.1 Å². The van der Waals surface area contributed by atoms with Crippen LogP contribution in [0.15, 0.2) is 54.7 Å². The highest BCUT2D eigenvalue weighted by Crippen LogP contribution is 2.35. The summed E-state index contributed by atoms with van der Waals surface area (Å²) >= 11 is 0. The second-order valence-corrected chi connectivity index (χ2v) is 9.57. The molecule has 1 fully saturated rings. The van der Waals surface area contributed by atoms with Crippen LogP contribution in [-0.4, -0.2) is 33.8 Å². The first-order chi connectivity index (χ1) is 16.0. The largest absolute Gasteiger partial charge is 0.394 e. The molecule has 5 rings (SSSR count). The molecular weight excluding hydrogens is 408 g/mol. The summed E-state index contributed by atoms with van der Waals surface area (Å²) in [5.41, 5.74) is 12.6. The molecule has 1 aliphatic heterocycles. The maximum Gasteiger partial charge on any atom is 0.150 e. The molecule has 0 amide bonds. The number of aryl methyl sites for hydroxylation is 3. The highest BCUT2D eigenvalue weighted by molar-refractivity contribution is 6.08. The summed E-state index contributed by atoms with van der Waals surface area (Å²) in [5, 5.41) is 15.7. The number of nitrogens with two attached hydrogens (primary N) is 1. The van der Waals surface area contributed by atoms with Crippen LogP contribution in [0.4, 0.5) is 5.82 Å². The molecule has 170 valence electrons. The highest BCUT2D eigenvalue weighted by Gasteiger charge is 2.38. The van der Waals surface area contributed by atoms with E-state index in [0.717, 1.165) is 54.0 Å². The Balaban J connectivity index is 1.35. The van der Waals surface area contributed by atoms with E-state index in [4.69, 9.17) is 5.73 Å². The van der Waals surface area contributed by atoms with Gasteiger partial charge in [0.05, 0.1) is 12.1 Å². The van der Waals surface area contributed by atoms with Crippen molar-refractivity contribution in [2.75, 3.05) is 18.9 Å². The molecule has 1 aliphatic rings. The van der Waals surface area contributed by atoms with Gasteiger partial charge < -0.3 is 16.2 Å². The van der Waals surface area contributed by atoms with E-state index in [-0.39, 0.29) is 18.1 Å². The lowest BCUT2D eigenvalue weighted by Crippen LogP contribution is -2.47. The van der Waals surface area contributed by atoms with E-state index in [1.54, 1.807) is 0 Å². The van der Waals surface area contributed by atoms with Crippen molar-refractivity contribution in [3.8, 4) is 0 Å². The third-order valence-electron chi connectivity index (χ3n) is 7.44. The highest BCUT2D eigenvalue weighted by atomic mass is 16.3. The van der Waals surface area contributed by atoms with Crippen molar-refractivity contribution >= 4 is 27.6 Å². The predicted molar refractivity (Wildman–Crippen MR) is 136 cm³/mol. The smallest absolute Gasteiger partial charge is 0.150 e. The number of nitrogens with one attached hydrogen (secondary N) is 1. The van der Waals surface area contributed by atoms with Crippen molar-refractivity contribution in [1.82, 2.24) is 15.3 Å². The first-order valence-electron chi connectivity index (χ1n) is 11.9. The zero-order valence-electron chi connectivity index (χ0n) is 19.4. The van der Waals surface area contributed by atoms with Gasteiger partial charge in [0, 0.05) is 28.4 Å². The fraction of sp³-hybridized carbons (Fsp3) is 0.357. The number of aliphatic hydroxyl groups excluding tert-OH is 1. The molecule has 0 aliphatic carbocycles. The predicted octanol–water partition coefficient (Wildman–Crippen LogP) is 4.68. The van der Waals surface area contributed by atoms with Gasteiger partial charge in [-0.2, -0.15) is 0 Å². The van der Waals surface area contributed by atoms with Gasteiger partial charge in [0.1, 0.15) is 5.52 Å². The Morgan fingerprint density at radius 2 is 1.85 bits per heavy atom. The maximum absolute atomic E-state index is 10.0. The standard InChI is InChI=1S/C28H32N4O/c1-18-4-11-23-24-15-21(16-30-26(24)27(29)32-25(23)14-18)6-5-20-7-9-22(10-8-20)19(2)28(17-33)12-3-13-31-28/h4,7-11,14-16,19,31,33H,3,5-6,12-13,17H2,1-2H3,(H2,29,32)/t19?,28-/m1/s1. The van der Waals surface area contributed by atoms with Crippen LogP contribution in [-0.2, 0) is 12.8 Å². The number of benzene rings is 2. The van der Waals surface area contributed by atoms with Crippen LogP contribution in [0, 0.1) is 6.92 Å². The Morgan fingerprint density at radius 1 is 1.06 bits per heavy atom. The van der Waals surface area contributed by atoms with Gasteiger partial charge in [-0.05, 0) is 73.5 Å². The minimum Gasteiger partial charge on any atom is -0.394 e. The summed E-state index contributed by atoms with van der Waals surface area (Å²) in [7, 11) is 0. The van der Waals surface area contributed by atoms with Gasteiger partial charge in [0.2, 0.25) is 0 Å². The Hall–Kier alpha value is -3.02. The van der Waals surface area contributed by atoms with Crippen LogP contribution in [0.25, 0.3) is 21.8 Å². The third-order valence-corrected chi connectivity index (χ3v) is 7.44. The Kier molecular flexibility index (Phi) is 5.77. The van der Waals surface area contributed by atoms with Crippen molar-refractivity contribution < 1.29 is 5.11 Å². The third kappa shape index (κ3) is 4.07. The number of pyridine rings is 2. The number of fused-ring (bicyclic) bond motifs is 3. The molecule has 2 aromatic carbocycles. The van der Waals surface area contributed by atoms with Gasteiger partial charge in [0.25, 0.3) is 0 Å². The van der Waals surface area contributed by atoms with Crippen LogP contribution < -0.4 is 11.1 Å². The van der Waals surface area contributed by atoms with Gasteiger partial charge in [-0.1, -0.05) is 43.3 Å². The minimum atomic E-state index is -0.184. The maximum atomic E-state index is 10.0. The van der Waals surface area contributed by atoms with E-state index in [1.165, 1.54) is 22.3 Å². The average molecular weight is 441 g/mol. The van der Waals surface area contributed by atoms with E-state index in [9.17, 15) is 5.11 Å². The number of hydrogen-bond donors (Lipinski definition) is 3. The second kappa shape index (κ2) is 8.73. The van der Waals surface area contributed by atoms with Gasteiger partial charge >= 0.3 is 0 Å². The molecule has 1 saturated heterocycles. The number of nitrogen functional groups attached to an aromatic ring is 1. The monoisotopic (exact) mass is 440 g/mol. The minimum absolute atomic E-state index is 0.180. The lowest BCUT2D eigenvalue weighted by atomic mass is 9.79. The zero-order valence-corrected chi connectivity index (χ0v) is 19.4. The molecule has 5 nitrogen and oxygen atoms in total. The fourth-order valence-electron chi connectivity index (χ4n) is 5.25.